The molecular formula is C27H34N4O4. The van der Waals surface area contributed by atoms with Crippen LogP contribution >= 0.6 is 0 Å². The fourth-order valence-electron chi connectivity index (χ4n) is 4.52. The number of hydrogen-bond donors (Lipinski definition) is 2. The Morgan fingerprint density at radius 2 is 1.71 bits per heavy atom. The molecule has 1 saturated heterocycles. The molecule has 186 valence electrons. The third-order valence-electron chi connectivity index (χ3n) is 6.34. The predicted molar refractivity (Wildman–Crippen MR) is 134 cm³/mol. The lowest BCUT2D eigenvalue weighted by Crippen LogP contribution is -2.38. The number of hydroxylamine groups is 1. The van der Waals surface area contributed by atoms with Crippen molar-refractivity contribution in [3.63, 3.8) is 0 Å². The van der Waals surface area contributed by atoms with Crippen molar-refractivity contribution in [2.75, 3.05) is 46.5 Å². The second kappa shape index (κ2) is 12.5. The van der Waals surface area contributed by atoms with Crippen LogP contribution in [0, 0.1) is 0 Å². The van der Waals surface area contributed by atoms with Gasteiger partial charge in [0.15, 0.2) is 0 Å². The molecule has 4 rings (SSSR count). The Bertz CT molecular complexity index is 1000. The maximum Gasteiger partial charge on any atom is 0.258 e. The summed E-state index contributed by atoms with van der Waals surface area (Å²) in [5.74, 6) is -0.263. The van der Waals surface area contributed by atoms with Crippen molar-refractivity contribution >= 4 is 11.8 Å². The van der Waals surface area contributed by atoms with Gasteiger partial charge in [-0.1, -0.05) is 42.5 Å². The van der Waals surface area contributed by atoms with Gasteiger partial charge in [0, 0.05) is 31.3 Å². The smallest absolute Gasteiger partial charge is 0.258 e. The first-order valence-electron chi connectivity index (χ1n) is 12.2. The van der Waals surface area contributed by atoms with Gasteiger partial charge < -0.3 is 19.9 Å². The van der Waals surface area contributed by atoms with Crippen LogP contribution in [-0.2, 0) is 14.4 Å². The van der Waals surface area contributed by atoms with Gasteiger partial charge in [0.2, 0.25) is 5.91 Å². The van der Waals surface area contributed by atoms with Crippen LogP contribution in [0.2, 0.25) is 0 Å². The van der Waals surface area contributed by atoms with E-state index in [4.69, 9.17) is 9.57 Å². The van der Waals surface area contributed by atoms with Gasteiger partial charge in [-0.05, 0) is 49.2 Å². The van der Waals surface area contributed by atoms with Gasteiger partial charge in [-0.15, -0.1) is 0 Å². The molecule has 8 heteroatoms. The topological polar surface area (TPSA) is 83.1 Å². The van der Waals surface area contributed by atoms with Gasteiger partial charge in [0.05, 0.1) is 25.5 Å². The van der Waals surface area contributed by atoms with E-state index in [1.165, 1.54) is 20.0 Å². The quantitative estimate of drug-likeness (QED) is 0.484. The number of ether oxygens (including phenoxy) is 1. The number of nitrogens with zero attached hydrogens (tertiary/aromatic N) is 2. The van der Waals surface area contributed by atoms with Crippen molar-refractivity contribution in [3.8, 4) is 11.1 Å². The highest BCUT2D eigenvalue weighted by atomic mass is 16.6. The average Bonchev–Trinajstić information content (AvgIpc) is 3.55. The first-order chi connectivity index (χ1) is 17.1. The van der Waals surface area contributed by atoms with Gasteiger partial charge >= 0.3 is 0 Å². The summed E-state index contributed by atoms with van der Waals surface area (Å²) in [6.07, 6.45) is 4.77. The number of amides is 2. The van der Waals surface area contributed by atoms with E-state index in [-0.39, 0.29) is 31.1 Å². The molecule has 8 nitrogen and oxygen atoms in total. The molecule has 2 aliphatic heterocycles. The fourth-order valence-corrected chi connectivity index (χ4v) is 4.52. The van der Waals surface area contributed by atoms with Crippen LogP contribution < -0.4 is 10.8 Å². The predicted octanol–water partition coefficient (Wildman–Crippen LogP) is 2.79. The van der Waals surface area contributed by atoms with Crippen LogP contribution in [0.25, 0.3) is 11.1 Å². The van der Waals surface area contributed by atoms with Crippen molar-refractivity contribution in [3.05, 3.63) is 72.1 Å². The van der Waals surface area contributed by atoms with E-state index in [0.29, 0.717) is 18.5 Å². The van der Waals surface area contributed by atoms with E-state index in [0.717, 1.165) is 36.5 Å². The number of rotatable bonds is 11. The molecule has 1 atom stereocenters. The Kier molecular flexibility index (Phi) is 8.89. The lowest BCUT2D eigenvalue weighted by molar-refractivity contribution is -0.126. The lowest BCUT2D eigenvalue weighted by Gasteiger charge is -2.23. The molecule has 35 heavy (non-hydrogen) atoms. The highest BCUT2D eigenvalue weighted by Gasteiger charge is 2.30. The van der Waals surface area contributed by atoms with Gasteiger partial charge in [-0.2, -0.15) is 0 Å². The molecule has 0 saturated carbocycles. The van der Waals surface area contributed by atoms with Gasteiger partial charge in [-0.3, -0.25) is 19.9 Å². The zero-order valence-electron chi connectivity index (χ0n) is 20.2. The second-order valence-electron chi connectivity index (χ2n) is 8.89. The zero-order valence-corrected chi connectivity index (χ0v) is 20.2. The van der Waals surface area contributed by atoms with Crippen molar-refractivity contribution in [2.24, 2.45) is 0 Å². The first kappa shape index (κ1) is 24.9. The summed E-state index contributed by atoms with van der Waals surface area (Å²) in [7, 11) is 1.53. The van der Waals surface area contributed by atoms with Crippen molar-refractivity contribution in [1.29, 1.82) is 0 Å². The molecule has 0 aliphatic carbocycles. The SMILES string of the molecule is CONC1=CN(C(=O)c2ccc(-c3ccccc3)cc2)[C@H](COCC(=O)NCCN2CCCC2)C1. The lowest BCUT2D eigenvalue weighted by atomic mass is 10.0. The maximum atomic E-state index is 13.3. The van der Waals surface area contributed by atoms with Crippen LogP contribution in [-0.4, -0.2) is 74.2 Å². The van der Waals surface area contributed by atoms with E-state index >= 15 is 0 Å². The summed E-state index contributed by atoms with van der Waals surface area (Å²) < 4.78 is 5.70. The van der Waals surface area contributed by atoms with Crippen LogP contribution in [0.3, 0.4) is 0 Å². The molecule has 1 fully saturated rings. The molecule has 0 unspecified atom stereocenters. The fraction of sp³-hybridized carbons (Fsp3) is 0.407. The number of benzene rings is 2. The molecule has 0 spiro atoms. The Morgan fingerprint density at radius 3 is 2.43 bits per heavy atom. The molecule has 0 bridgehead atoms. The summed E-state index contributed by atoms with van der Waals surface area (Å²) >= 11 is 0. The number of carbonyl (C=O) groups is 2. The van der Waals surface area contributed by atoms with Crippen molar-refractivity contribution in [1.82, 2.24) is 20.6 Å². The largest absolute Gasteiger partial charge is 0.369 e. The minimum Gasteiger partial charge on any atom is -0.369 e. The normalized spacial score (nSPS) is 17.9. The first-order valence-corrected chi connectivity index (χ1v) is 12.2. The highest BCUT2D eigenvalue weighted by Crippen LogP contribution is 2.25. The zero-order chi connectivity index (χ0) is 24.5. The monoisotopic (exact) mass is 478 g/mol. The summed E-state index contributed by atoms with van der Waals surface area (Å²) in [4.78, 5) is 34.5. The Morgan fingerprint density at radius 1 is 1.00 bits per heavy atom. The maximum absolute atomic E-state index is 13.3. The third-order valence-corrected chi connectivity index (χ3v) is 6.34. The molecule has 2 aliphatic rings. The minimum atomic E-state index is -0.230. The van der Waals surface area contributed by atoms with Crippen LogP contribution in [0.1, 0.15) is 29.6 Å². The standard InChI is InChI=1S/C27H34N4O4/c1-34-29-24-17-25(19-35-20-26(32)28-13-16-30-14-5-6-15-30)31(18-24)27(33)23-11-9-22(10-12-23)21-7-3-2-4-8-21/h2-4,7-12,18,25,29H,5-6,13-17,19-20H2,1H3,(H,28,32)/t25-/m0/s1. The van der Waals surface area contributed by atoms with E-state index in [1.807, 2.05) is 54.6 Å². The van der Waals surface area contributed by atoms with Gasteiger partial charge in [-0.25, -0.2) is 0 Å². The number of nitrogens with one attached hydrogen (secondary N) is 2. The van der Waals surface area contributed by atoms with Crippen LogP contribution in [0.5, 0.6) is 0 Å². The summed E-state index contributed by atoms with van der Waals surface area (Å²) in [6, 6.07) is 17.4. The molecule has 2 heterocycles. The average molecular weight is 479 g/mol. The molecule has 2 aromatic carbocycles. The Hall–Kier alpha value is -3.20. The third kappa shape index (κ3) is 6.91. The van der Waals surface area contributed by atoms with Crippen molar-refractivity contribution < 1.29 is 19.2 Å². The molecule has 2 aromatic rings. The highest BCUT2D eigenvalue weighted by molar-refractivity contribution is 5.96. The van der Waals surface area contributed by atoms with E-state index in [1.54, 1.807) is 11.1 Å². The number of carbonyl (C=O) groups excluding carboxylic acids is 2. The van der Waals surface area contributed by atoms with Crippen molar-refractivity contribution in [2.45, 2.75) is 25.3 Å². The van der Waals surface area contributed by atoms with Gasteiger partial charge in [0.25, 0.3) is 5.91 Å². The van der Waals surface area contributed by atoms with E-state index < -0.39 is 0 Å². The molecule has 2 N–H and O–H groups in total. The van der Waals surface area contributed by atoms with Crippen LogP contribution in [0.15, 0.2) is 66.5 Å². The second-order valence-corrected chi connectivity index (χ2v) is 8.89. The Labute approximate surface area is 206 Å². The van der Waals surface area contributed by atoms with E-state index in [9.17, 15) is 9.59 Å². The van der Waals surface area contributed by atoms with Crippen LogP contribution in [0.4, 0.5) is 0 Å². The molecule has 0 radical (unpaired) electrons. The number of hydrogen-bond acceptors (Lipinski definition) is 6. The Balaban J connectivity index is 1.30. The summed E-state index contributed by atoms with van der Waals surface area (Å²) in [5, 5.41) is 2.91. The summed E-state index contributed by atoms with van der Waals surface area (Å²) in [6.45, 7) is 3.93. The molecular weight excluding hydrogens is 444 g/mol. The molecule has 2 amide bonds. The summed E-state index contributed by atoms with van der Waals surface area (Å²) in [5.41, 5.74) is 6.35. The minimum absolute atomic E-state index is 0.0304. The van der Waals surface area contributed by atoms with E-state index in [2.05, 4.69) is 15.7 Å². The number of likely N-dealkylation sites (tertiary alicyclic amines) is 1. The molecule has 0 aromatic heterocycles. The van der Waals surface area contributed by atoms with Gasteiger partial charge in [0.1, 0.15) is 6.61 Å².